The van der Waals surface area contributed by atoms with Gasteiger partial charge in [-0.3, -0.25) is 0 Å². The maximum Gasteiger partial charge on any atom is 0.0994 e. The van der Waals surface area contributed by atoms with Crippen LogP contribution in [0.4, 0.5) is 0 Å². The van der Waals surface area contributed by atoms with Gasteiger partial charge in [-0.1, -0.05) is 24.3 Å². The normalized spacial score (nSPS) is 18.1. The number of nitriles is 1. The lowest BCUT2D eigenvalue weighted by Gasteiger charge is -2.12. The summed E-state index contributed by atoms with van der Waals surface area (Å²) in [5.41, 5.74) is 3.03. The molecule has 1 atom stereocenters. The largest absolute Gasteiger partial charge is 0.378 e. The number of hydrogen-bond donors (Lipinski definition) is 0. The Hall–Kier alpha value is -2.01. The average molecular weight is 210 g/mol. The second kappa shape index (κ2) is 4.24. The summed E-state index contributed by atoms with van der Waals surface area (Å²) < 4.78 is 0. The van der Waals surface area contributed by atoms with Crippen molar-refractivity contribution < 1.29 is 0 Å². The molecule has 80 valence electrons. The van der Waals surface area contributed by atoms with Gasteiger partial charge < -0.3 is 4.90 Å². The second-order valence-corrected chi connectivity index (χ2v) is 4.07. The molecule has 0 heterocycles. The molecule has 1 aliphatic rings. The number of allylic oxidation sites excluding steroid dienone is 3. The van der Waals surface area contributed by atoms with Crippen LogP contribution in [0, 0.1) is 11.3 Å². The molecule has 0 aliphatic heterocycles. The van der Waals surface area contributed by atoms with Gasteiger partial charge in [0.05, 0.1) is 11.6 Å². The van der Waals surface area contributed by atoms with Crippen LogP contribution >= 0.6 is 0 Å². The van der Waals surface area contributed by atoms with Gasteiger partial charge in [0.1, 0.15) is 0 Å². The van der Waals surface area contributed by atoms with Crippen molar-refractivity contribution >= 4 is 0 Å². The summed E-state index contributed by atoms with van der Waals surface area (Å²) in [6.07, 6.45) is 6.40. The molecule has 0 amide bonds. The zero-order chi connectivity index (χ0) is 11.5. The molecule has 0 saturated heterocycles. The van der Waals surface area contributed by atoms with Crippen molar-refractivity contribution in [3.8, 4) is 6.07 Å². The highest BCUT2D eigenvalue weighted by atomic mass is 15.1. The van der Waals surface area contributed by atoms with Crippen LogP contribution in [-0.4, -0.2) is 19.0 Å². The topological polar surface area (TPSA) is 27.0 Å². The molecule has 2 nitrogen and oxygen atoms in total. The molecule has 0 fully saturated rings. The lowest BCUT2D eigenvalue weighted by Crippen LogP contribution is -2.07. The Morgan fingerprint density at radius 3 is 2.62 bits per heavy atom. The Kier molecular flexibility index (Phi) is 2.78. The Morgan fingerprint density at radius 2 is 2.00 bits per heavy atom. The molecule has 2 heteroatoms. The third-order valence-electron chi connectivity index (χ3n) is 2.78. The predicted octanol–water partition coefficient (Wildman–Crippen LogP) is 2.66. The third-order valence-corrected chi connectivity index (χ3v) is 2.78. The van der Waals surface area contributed by atoms with E-state index >= 15 is 0 Å². The van der Waals surface area contributed by atoms with Gasteiger partial charge in [0, 0.05) is 25.7 Å². The standard InChI is InChI=1S/C14H14N2/c1-16(2)13-8-7-11(9-13)14-6-4-3-5-12(14)10-15/h3-9,11H,1-2H3. The average Bonchev–Trinajstić information content (AvgIpc) is 2.78. The summed E-state index contributed by atoms with van der Waals surface area (Å²) in [7, 11) is 4.05. The minimum absolute atomic E-state index is 0.230. The summed E-state index contributed by atoms with van der Waals surface area (Å²) in [5, 5.41) is 9.05. The van der Waals surface area contributed by atoms with Crippen LogP contribution in [0.3, 0.4) is 0 Å². The highest BCUT2D eigenvalue weighted by Crippen LogP contribution is 2.29. The van der Waals surface area contributed by atoms with E-state index in [4.69, 9.17) is 5.26 Å². The SMILES string of the molecule is CN(C)C1=CC(c2ccccc2C#N)C=C1. The molecular formula is C14H14N2. The minimum atomic E-state index is 0.230. The van der Waals surface area contributed by atoms with Crippen LogP contribution < -0.4 is 0 Å². The first kappa shape index (κ1) is 10.5. The first-order chi connectivity index (χ1) is 7.72. The van der Waals surface area contributed by atoms with Crippen molar-refractivity contribution in [3.05, 3.63) is 59.3 Å². The first-order valence-electron chi connectivity index (χ1n) is 5.29. The van der Waals surface area contributed by atoms with Crippen molar-refractivity contribution in [1.82, 2.24) is 4.90 Å². The Balaban J connectivity index is 2.35. The number of nitrogens with zero attached hydrogens (tertiary/aromatic N) is 2. The third kappa shape index (κ3) is 1.85. The van der Waals surface area contributed by atoms with Crippen molar-refractivity contribution in [2.45, 2.75) is 5.92 Å². The van der Waals surface area contributed by atoms with Crippen molar-refractivity contribution in [2.75, 3.05) is 14.1 Å². The van der Waals surface area contributed by atoms with Crippen LogP contribution in [0.1, 0.15) is 17.0 Å². The molecule has 0 aromatic heterocycles. The van der Waals surface area contributed by atoms with E-state index in [9.17, 15) is 0 Å². The predicted molar refractivity (Wildman–Crippen MR) is 64.8 cm³/mol. The number of hydrogen-bond acceptors (Lipinski definition) is 2. The zero-order valence-electron chi connectivity index (χ0n) is 9.51. The number of likely N-dealkylation sites (N-methyl/N-ethyl adjacent to an activating group) is 1. The summed E-state index contributed by atoms with van der Waals surface area (Å²) in [5.74, 6) is 0.230. The number of benzene rings is 1. The fourth-order valence-electron chi connectivity index (χ4n) is 1.88. The Labute approximate surface area is 96.1 Å². The van der Waals surface area contributed by atoms with E-state index in [0.29, 0.717) is 0 Å². The highest BCUT2D eigenvalue weighted by molar-refractivity contribution is 5.47. The van der Waals surface area contributed by atoms with Gasteiger partial charge >= 0.3 is 0 Å². The molecule has 2 rings (SSSR count). The van der Waals surface area contributed by atoms with E-state index < -0.39 is 0 Å². The molecule has 16 heavy (non-hydrogen) atoms. The van der Waals surface area contributed by atoms with Gasteiger partial charge in [-0.05, 0) is 23.8 Å². The molecule has 0 spiro atoms. The summed E-state index contributed by atoms with van der Waals surface area (Å²) in [6, 6.07) is 10.00. The maximum absolute atomic E-state index is 9.05. The first-order valence-corrected chi connectivity index (χ1v) is 5.29. The molecule has 0 saturated carbocycles. The van der Waals surface area contributed by atoms with Gasteiger partial charge in [0.15, 0.2) is 0 Å². The molecule has 1 aromatic carbocycles. The minimum Gasteiger partial charge on any atom is -0.378 e. The van der Waals surface area contributed by atoms with Crippen LogP contribution in [0.5, 0.6) is 0 Å². The lowest BCUT2D eigenvalue weighted by molar-refractivity contribution is 0.530. The summed E-state index contributed by atoms with van der Waals surface area (Å²) in [4.78, 5) is 2.07. The summed E-state index contributed by atoms with van der Waals surface area (Å²) >= 11 is 0. The van der Waals surface area contributed by atoms with Crippen LogP contribution in [0.25, 0.3) is 0 Å². The van der Waals surface area contributed by atoms with E-state index in [2.05, 4.69) is 29.2 Å². The van der Waals surface area contributed by atoms with E-state index in [1.807, 2.05) is 38.4 Å². The Bertz CT molecular complexity index is 490. The van der Waals surface area contributed by atoms with Gasteiger partial charge in [0.2, 0.25) is 0 Å². The van der Waals surface area contributed by atoms with E-state index in [1.165, 1.54) is 5.70 Å². The van der Waals surface area contributed by atoms with Crippen molar-refractivity contribution in [2.24, 2.45) is 0 Å². The molecule has 0 bridgehead atoms. The van der Waals surface area contributed by atoms with E-state index in [1.54, 1.807) is 0 Å². The quantitative estimate of drug-likeness (QED) is 0.750. The van der Waals surface area contributed by atoms with Crippen LogP contribution in [-0.2, 0) is 0 Å². The molecule has 1 aliphatic carbocycles. The van der Waals surface area contributed by atoms with Gasteiger partial charge in [-0.25, -0.2) is 0 Å². The summed E-state index contributed by atoms with van der Waals surface area (Å²) in [6.45, 7) is 0. The van der Waals surface area contributed by atoms with E-state index in [-0.39, 0.29) is 5.92 Å². The van der Waals surface area contributed by atoms with Gasteiger partial charge in [-0.15, -0.1) is 0 Å². The molecule has 1 unspecified atom stereocenters. The Morgan fingerprint density at radius 1 is 1.25 bits per heavy atom. The smallest absolute Gasteiger partial charge is 0.0994 e. The van der Waals surface area contributed by atoms with Crippen LogP contribution in [0.2, 0.25) is 0 Å². The second-order valence-electron chi connectivity index (χ2n) is 4.07. The fraction of sp³-hybridized carbons (Fsp3) is 0.214. The van der Waals surface area contributed by atoms with Crippen molar-refractivity contribution in [3.63, 3.8) is 0 Å². The highest BCUT2D eigenvalue weighted by Gasteiger charge is 2.15. The van der Waals surface area contributed by atoms with Crippen molar-refractivity contribution in [1.29, 1.82) is 5.26 Å². The zero-order valence-corrected chi connectivity index (χ0v) is 9.51. The van der Waals surface area contributed by atoms with Gasteiger partial charge in [-0.2, -0.15) is 5.26 Å². The molecule has 1 aromatic rings. The monoisotopic (exact) mass is 210 g/mol. The lowest BCUT2D eigenvalue weighted by atomic mass is 9.96. The molecule has 0 N–H and O–H groups in total. The molecular weight excluding hydrogens is 196 g/mol. The molecule has 0 radical (unpaired) electrons. The maximum atomic E-state index is 9.05. The fourth-order valence-corrected chi connectivity index (χ4v) is 1.88. The van der Waals surface area contributed by atoms with Gasteiger partial charge in [0.25, 0.3) is 0 Å². The number of rotatable bonds is 2. The van der Waals surface area contributed by atoms with Crippen LogP contribution in [0.15, 0.2) is 48.2 Å². The van der Waals surface area contributed by atoms with E-state index in [0.717, 1.165) is 11.1 Å².